The predicted molar refractivity (Wildman–Crippen MR) is 51.4 cm³/mol. The molecule has 13 heavy (non-hydrogen) atoms. The molecule has 4 heteroatoms. The van der Waals surface area contributed by atoms with Crippen LogP contribution in [-0.4, -0.2) is 28.5 Å². The summed E-state index contributed by atoms with van der Waals surface area (Å²) in [6, 6.07) is 1.85. The first-order valence-electron chi connectivity index (χ1n) is 4.51. The molecule has 1 aromatic rings. The lowest BCUT2D eigenvalue weighted by atomic mass is 10.0. The van der Waals surface area contributed by atoms with Crippen LogP contribution >= 0.6 is 0 Å². The van der Waals surface area contributed by atoms with E-state index in [1.807, 2.05) is 20.0 Å². The first-order chi connectivity index (χ1) is 6.11. The summed E-state index contributed by atoms with van der Waals surface area (Å²) >= 11 is 0. The van der Waals surface area contributed by atoms with Crippen molar-refractivity contribution in [1.82, 2.24) is 15.1 Å². The summed E-state index contributed by atoms with van der Waals surface area (Å²) < 4.78 is 1.80. The lowest BCUT2D eigenvalue weighted by Gasteiger charge is -2.23. The lowest BCUT2D eigenvalue weighted by Crippen LogP contribution is -2.35. The smallest absolute Gasteiger partial charge is 0.116 e. The molecular weight excluding hydrogens is 166 g/mol. The molecule has 0 saturated carbocycles. The standard InChI is InChI=1S/C9H17N3O/c1-4-12-8(5-6-11-12)9(2,13)7-10-3/h5-6,10,13H,4,7H2,1-3H3. The maximum Gasteiger partial charge on any atom is 0.116 e. The van der Waals surface area contributed by atoms with Gasteiger partial charge in [0, 0.05) is 19.3 Å². The highest BCUT2D eigenvalue weighted by atomic mass is 16.3. The van der Waals surface area contributed by atoms with Crippen LogP contribution in [0.25, 0.3) is 0 Å². The molecule has 0 aromatic carbocycles. The molecule has 1 heterocycles. The van der Waals surface area contributed by atoms with Gasteiger partial charge in [-0.15, -0.1) is 0 Å². The first-order valence-corrected chi connectivity index (χ1v) is 4.51. The molecule has 0 spiro atoms. The molecule has 0 fully saturated rings. The minimum atomic E-state index is -0.846. The Balaban J connectivity index is 2.91. The lowest BCUT2D eigenvalue weighted by molar-refractivity contribution is 0.0497. The van der Waals surface area contributed by atoms with Crippen LogP contribution in [-0.2, 0) is 12.1 Å². The Kier molecular flexibility index (Phi) is 3.06. The second-order valence-electron chi connectivity index (χ2n) is 3.34. The fraction of sp³-hybridized carbons (Fsp3) is 0.667. The Bertz CT molecular complexity index is 268. The highest BCUT2D eigenvalue weighted by Crippen LogP contribution is 2.18. The average molecular weight is 183 g/mol. The minimum absolute atomic E-state index is 0.526. The van der Waals surface area contributed by atoms with Gasteiger partial charge in [-0.2, -0.15) is 5.10 Å². The van der Waals surface area contributed by atoms with E-state index >= 15 is 0 Å². The molecule has 74 valence electrons. The number of nitrogens with one attached hydrogen (secondary N) is 1. The van der Waals surface area contributed by atoms with E-state index in [0.29, 0.717) is 6.54 Å². The number of likely N-dealkylation sites (N-methyl/N-ethyl adjacent to an activating group) is 1. The number of hydrogen-bond donors (Lipinski definition) is 2. The number of aryl methyl sites for hydroxylation is 1. The summed E-state index contributed by atoms with van der Waals surface area (Å²) in [7, 11) is 1.82. The van der Waals surface area contributed by atoms with E-state index in [9.17, 15) is 5.11 Å². The van der Waals surface area contributed by atoms with Crippen LogP contribution in [0, 0.1) is 0 Å². The van der Waals surface area contributed by atoms with Gasteiger partial charge >= 0.3 is 0 Å². The zero-order valence-corrected chi connectivity index (χ0v) is 8.41. The van der Waals surface area contributed by atoms with E-state index in [-0.39, 0.29) is 0 Å². The first kappa shape index (κ1) is 10.2. The third kappa shape index (κ3) is 2.08. The second-order valence-corrected chi connectivity index (χ2v) is 3.34. The molecule has 0 aliphatic rings. The van der Waals surface area contributed by atoms with Gasteiger partial charge in [0.05, 0.1) is 5.69 Å². The molecule has 1 atom stereocenters. The monoisotopic (exact) mass is 183 g/mol. The number of aliphatic hydroxyl groups is 1. The average Bonchev–Trinajstić information content (AvgIpc) is 2.51. The normalized spacial score (nSPS) is 15.7. The van der Waals surface area contributed by atoms with Crippen molar-refractivity contribution in [1.29, 1.82) is 0 Å². The van der Waals surface area contributed by atoms with Gasteiger partial charge in [-0.3, -0.25) is 4.68 Å². The largest absolute Gasteiger partial charge is 0.383 e. The summed E-state index contributed by atoms with van der Waals surface area (Å²) in [6.45, 7) is 5.10. The molecule has 1 unspecified atom stereocenters. The van der Waals surface area contributed by atoms with Crippen LogP contribution in [0.4, 0.5) is 0 Å². The quantitative estimate of drug-likeness (QED) is 0.707. The van der Waals surface area contributed by atoms with E-state index in [4.69, 9.17) is 0 Å². The van der Waals surface area contributed by atoms with Gasteiger partial charge in [0.2, 0.25) is 0 Å². The Labute approximate surface area is 78.6 Å². The molecule has 2 N–H and O–H groups in total. The highest BCUT2D eigenvalue weighted by molar-refractivity contribution is 5.11. The number of nitrogens with zero attached hydrogens (tertiary/aromatic N) is 2. The Hall–Kier alpha value is -0.870. The van der Waals surface area contributed by atoms with Crippen LogP contribution in [0.15, 0.2) is 12.3 Å². The van der Waals surface area contributed by atoms with E-state index in [2.05, 4.69) is 10.4 Å². The molecule has 1 aromatic heterocycles. The summed E-state index contributed by atoms with van der Waals surface area (Å²) in [5.41, 5.74) is 0.00528. The minimum Gasteiger partial charge on any atom is -0.383 e. The zero-order chi connectivity index (χ0) is 9.90. The van der Waals surface area contributed by atoms with E-state index in [1.165, 1.54) is 0 Å². The summed E-state index contributed by atoms with van der Waals surface area (Å²) in [6.07, 6.45) is 1.71. The van der Waals surface area contributed by atoms with Gasteiger partial charge in [0.1, 0.15) is 5.60 Å². The summed E-state index contributed by atoms with van der Waals surface area (Å²) in [5, 5.41) is 17.1. The molecule has 0 aliphatic carbocycles. The molecule has 1 rings (SSSR count). The van der Waals surface area contributed by atoms with Crippen molar-refractivity contribution in [2.45, 2.75) is 26.0 Å². The Morgan fingerprint density at radius 3 is 2.92 bits per heavy atom. The van der Waals surface area contributed by atoms with Crippen LogP contribution in [0.1, 0.15) is 19.5 Å². The van der Waals surface area contributed by atoms with Gasteiger partial charge in [0.15, 0.2) is 0 Å². The molecule has 0 saturated heterocycles. The van der Waals surface area contributed by atoms with E-state index in [0.717, 1.165) is 12.2 Å². The second kappa shape index (κ2) is 3.89. The van der Waals surface area contributed by atoms with Crippen LogP contribution in [0.3, 0.4) is 0 Å². The summed E-state index contributed by atoms with van der Waals surface area (Å²) in [5.74, 6) is 0. The third-order valence-electron chi connectivity index (χ3n) is 2.09. The van der Waals surface area contributed by atoms with Gasteiger partial charge in [-0.05, 0) is 27.0 Å². The van der Waals surface area contributed by atoms with Gasteiger partial charge < -0.3 is 10.4 Å². The number of hydrogen-bond acceptors (Lipinski definition) is 3. The fourth-order valence-electron chi connectivity index (χ4n) is 1.48. The fourth-order valence-corrected chi connectivity index (χ4v) is 1.48. The van der Waals surface area contributed by atoms with Crippen LogP contribution in [0.2, 0.25) is 0 Å². The SMILES string of the molecule is CCn1nccc1C(C)(O)CNC. The van der Waals surface area contributed by atoms with E-state index in [1.54, 1.807) is 17.8 Å². The Morgan fingerprint density at radius 2 is 2.38 bits per heavy atom. The van der Waals surface area contributed by atoms with Crippen molar-refractivity contribution in [3.8, 4) is 0 Å². The number of aromatic nitrogens is 2. The van der Waals surface area contributed by atoms with Crippen molar-refractivity contribution in [2.75, 3.05) is 13.6 Å². The van der Waals surface area contributed by atoms with Crippen LogP contribution < -0.4 is 5.32 Å². The maximum atomic E-state index is 10.1. The molecule has 0 aliphatic heterocycles. The van der Waals surface area contributed by atoms with E-state index < -0.39 is 5.60 Å². The Morgan fingerprint density at radius 1 is 1.69 bits per heavy atom. The van der Waals surface area contributed by atoms with Gasteiger partial charge in [-0.1, -0.05) is 0 Å². The van der Waals surface area contributed by atoms with Crippen molar-refractivity contribution in [3.63, 3.8) is 0 Å². The molecule has 4 nitrogen and oxygen atoms in total. The molecular formula is C9H17N3O. The van der Waals surface area contributed by atoms with Crippen molar-refractivity contribution in [3.05, 3.63) is 18.0 Å². The zero-order valence-electron chi connectivity index (χ0n) is 8.41. The van der Waals surface area contributed by atoms with Crippen molar-refractivity contribution < 1.29 is 5.11 Å². The van der Waals surface area contributed by atoms with Crippen LogP contribution in [0.5, 0.6) is 0 Å². The summed E-state index contributed by atoms with van der Waals surface area (Å²) in [4.78, 5) is 0. The topological polar surface area (TPSA) is 50.1 Å². The molecule has 0 bridgehead atoms. The van der Waals surface area contributed by atoms with Crippen molar-refractivity contribution in [2.24, 2.45) is 0 Å². The third-order valence-corrected chi connectivity index (χ3v) is 2.09. The van der Waals surface area contributed by atoms with Gasteiger partial charge in [0.25, 0.3) is 0 Å². The predicted octanol–water partition coefficient (Wildman–Crippen LogP) is 0.330. The van der Waals surface area contributed by atoms with Crippen molar-refractivity contribution >= 4 is 0 Å². The molecule has 0 radical (unpaired) electrons. The molecule has 0 amide bonds. The number of rotatable bonds is 4. The maximum absolute atomic E-state index is 10.1. The highest BCUT2D eigenvalue weighted by Gasteiger charge is 2.25. The van der Waals surface area contributed by atoms with Gasteiger partial charge in [-0.25, -0.2) is 0 Å².